The van der Waals surface area contributed by atoms with E-state index in [-0.39, 0.29) is 5.38 Å². The minimum Gasteiger partial charge on any atom is -0.368 e. The number of fused-ring (bicyclic) bond motifs is 1. The lowest BCUT2D eigenvalue weighted by Crippen LogP contribution is -2.09. The normalized spacial score (nSPS) is 12.2. The van der Waals surface area contributed by atoms with Gasteiger partial charge in [0.05, 0.1) is 16.1 Å². The summed E-state index contributed by atoms with van der Waals surface area (Å²) in [7, 11) is 0. The topological polar surface area (TPSA) is 53.6 Å². The first-order chi connectivity index (χ1) is 12.7. The van der Waals surface area contributed by atoms with Crippen LogP contribution in [0.25, 0.3) is 22.3 Å². The highest BCUT2D eigenvalue weighted by atomic mass is 35.5. The molecule has 4 nitrogen and oxygen atoms in total. The second-order valence-electron chi connectivity index (χ2n) is 5.89. The molecular weight excluding hydrogens is 367 g/mol. The average Bonchev–Trinajstić information content (AvgIpc) is 3.15. The Balaban J connectivity index is 1.59. The lowest BCUT2D eigenvalue weighted by molar-refractivity contribution is 0.968. The number of halogens is 2. The van der Waals surface area contributed by atoms with Crippen molar-refractivity contribution in [1.29, 1.82) is 0 Å². The first kappa shape index (κ1) is 16.9. The van der Waals surface area contributed by atoms with Gasteiger partial charge in [-0.1, -0.05) is 48.0 Å². The molecule has 0 aliphatic rings. The zero-order chi connectivity index (χ0) is 17.9. The van der Waals surface area contributed by atoms with Crippen LogP contribution in [0.2, 0.25) is 5.02 Å². The first-order valence-electron chi connectivity index (χ1n) is 8.24. The number of benzene rings is 1. The van der Waals surface area contributed by atoms with Gasteiger partial charge in [0, 0.05) is 29.9 Å². The molecule has 4 rings (SSSR count). The van der Waals surface area contributed by atoms with Crippen molar-refractivity contribution in [2.24, 2.45) is 0 Å². The highest BCUT2D eigenvalue weighted by Gasteiger charge is 2.13. The van der Waals surface area contributed by atoms with E-state index in [1.807, 2.05) is 60.8 Å². The summed E-state index contributed by atoms with van der Waals surface area (Å²) in [6.45, 7) is 0.575. The quantitative estimate of drug-likeness (QED) is 0.437. The number of aromatic amines is 1. The van der Waals surface area contributed by atoms with Crippen molar-refractivity contribution < 1.29 is 0 Å². The van der Waals surface area contributed by atoms with Crippen molar-refractivity contribution in [3.05, 3.63) is 77.6 Å². The van der Waals surface area contributed by atoms with Gasteiger partial charge in [0.2, 0.25) is 0 Å². The zero-order valence-corrected chi connectivity index (χ0v) is 15.3. The fraction of sp³-hybridized carbons (Fsp3) is 0.100. The Morgan fingerprint density at radius 2 is 1.88 bits per heavy atom. The molecule has 0 fully saturated rings. The number of hydrogen-bond donors (Lipinski definition) is 2. The molecular formula is C20H16Cl2N4. The molecule has 1 unspecified atom stereocenters. The molecule has 3 heterocycles. The number of hydrogen-bond acceptors (Lipinski definition) is 3. The highest BCUT2D eigenvalue weighted by Crippen LogP contribution is 2.33. The summed E-state index contributed by atoms with van der Waals surface area (Å²) in [5, 5.41) is 4.68. The number of rotatable bonds is 5. The third-order valence-corrected chi connectivity index (χ3v) is 4.86. The third-order valence-electron chi connectivity index (χ3n) is 4.17. The van der Waals surface area contributed by atoms with Gasteiger partial charge in [-0.05, 0) is 23.8 Å². The monoisotopic (exact) mass is 382 g/mol. The number of alkyl halides is 1. The molecule has 130 valence electrons. The van der Waals surface area contributed by atoms with Crippen molar-refractivity contribution in [3.63, 3.8) is 0 Å². The standard InChI is InChI=1S/C20H16Cl2N4/c21-15(13-5-2-1-3-6-13)11-24-18-8-4-7-17(26-18)19-14-9-10-23-20(14)25-12-16(19)22/h1-10,12,15H,11H2,(H,23,25)(H,24,26). The summed E-state index contributed by atoms with van der Waals surface area (Å²) >= 11 is 12.9. The summed E-state index contributed by atoms with van der Waals surface area (Å²) in [4.78, 5) is 12.1. The van der Waals surface area contributed by atoms with Crippen LogP contribution in [-0.4, -0.2) is 21.5 Å². The van der Waals surface area contributed by atoms with Gasteiger partial charge < -0.3 is 10.3 Å². The van der Waals surface area contributed by atoms with E-state index in [0.29, 0.717) is 11.6 Å². The molecule has 0 aliphatic heterocycles. The molecule has 0 saturated heterocycles. The molecule has 0 radical (unpaired) electrons. The first-order valence-corrected chi connectivity index (χ1v) is 9.06. The minimum absolute atomic E-state index is 0.137. The maximum absolute atomic E-state index is 6.48. The molecule has 1 atom stereocenters. The summed E-state index contributed by atoms with van der Waals surface area (Å²) in [5.41, 5.74) is 3.52. The van der Waals surface area contributed by atoms with Crippen LogP contribution in [0.15, 0.2) is 67.0 Å². The largest absolute Gasteiger partial charge is 0.368 e. The zero-order valence-electron chi connectivity index (χ0n) is 13.8. The summed E-state index contributed by atoms with van der Waals surface area (Å²) < 4.78 is 0. The summed E-state index contributed by atoms with van der Waals surface area (Å²) in [6, 6.07) is 17.7. The molecule has 1 aromatic carbocycles. The van der Waals surface area contributed by atoms with E-state index in [1.54, 1.807) is 6.20 Å². The van der Waals surface area contributed by atoms with Gasteiger partial charge in [-0.2, -0.15) is 0 Å². The van der Waals surface area contributed by atoms with E-state index in [0.717, 1.165) is 33.7 Å². The van der Waals surface area contributed by atoms with E-state index < -0.39 is 0 Å². The second kappa shape index (κ2) is 7.36. The fourth-order valence-electron chi connectivity index (χ4n) is 2.89. The van der Waals surface area contributed by atoms with E-state index in [2.05, 4.69) is 15.3 Å². The van der Waals surface area contributed by atoms with Crippen LogP contribution in [0.5, 0.6) is 0 Å². The lowest BCUT2D eigenvalue weighted by atomic mass is 10.1. The number of nitrogens with one attached hydrogen (secondary N) is 2. The number of pyridine rings is 2. The molecule has 0 amide bonds. The maximum Gasteiger partial charge on any atom is 0.138 e. The number of nitrogens with zero attached hydrogens (tertiary/aromatic N) is 2. The predicted octanol–water partition coefficient (Wildman–Crippen LogP) is 5.67. The molecule has 0 aliphatic carbocycles. The molecule has 26 heavy (non-hydrogen) atoms. The van der Waals surface area contributed by atoms with E-state index in [1.165, 1.54) is 0 Å². The van der Waals surface area contributed by atoms with Crippen LogP contribution in [0.1, 0.15) is 10.9 Å². The van der Waals surface area contributed by atoms with Gasteiger partial charge in [0.1, 0.15) is 11.5 Å². The summed E-state index contributed by atoms with van der Waals surface area (Å²) in [6.07, 6.45) is 3.49. The molecule has 0 spiro atoms. The van der Waals surface area contributed by atoms with Crippen molar-refractivity contribution >= 4 is 40.1 Å². The Morgan fingerprint density at radius 3 is 2.73 bits per heavy atom. The van der Waals surface area contributed by atoms with Crippen molar-refractivity contribution in [1.82, 2.24) is 15.0 Å². The fourth-order valence-corrected chi connectivity index (χ4v) is 3.36. The SMILES string of the molecule is Clc1cnc2[nH]ccc2c1-c1cccc(NCC(Cl)c2ccccc2)n1. The number of aromatic nitrogens is 3. The molecule has 6 heteroatoms. The van der Waals surface area contributed by atoms with E-state index in [9.17, 15) is 0 Å². The Hall–Kier alpha value is -2.56. The lowest BCUT2D eigenvalue weighted by Gasteiger charge is -2.13. The van der Waals surface area contributed by atoms with E-state index in [4.69, 9.17) is 28.2 Å². The third kappa shape index (κ3) is 3.39. The predicted molar refractivity (Wildman–Crippen MR) is 108 cm³/mol. The Labute approximate surface area is 161 Å². The molecule has 2 N–H and O–H groups in total. The van der Waals surface area contributed by atoms with Crippen molar-refractivity contribution in [2.75, 3.05) is 11.9 Å². The average molecular weight is 383 g/mol. The Morgan fingerprint density at radius 1 is 1.04 bits per heavy atom. The van der Waals surface area contributed by atoms with Gasteiger partial charge in [0.15, 0.2) is 0 Å². The van der Waals surface area contributed by atoms with Gasteiger partial charge in [-0.15, -0.1) is 11.6 Å². The van der Waals surface area contributed by atoms with E-state index >= 15 is 0 Å². The van der Waals surface area contributed by atoms with Crippen molar-refractivity contribution in [3.8, 4) is 11.3 Å². The second-order valence-corrected chi connectivity index (χ2v) is 6.82. The molecule has 0 saturated carbocycles. The van der Waals surface area contributed by atoms with Gasteiger partial charge >= 0.3 is 0 Å². The number of anilines is 1. The van der Waals surface area contributed by atoms with Crippen LogP contribution in [-0.2, 0) is 0 Å². The van der Waals surface area contributed by atoms with Crippen LogP contribution < -0.4 is 5.32 Å². The van der Waals surface area contributed by atoms with Crippen molar-refractivity contribution in [2.45, 2.75) is 5.38 Å². The molecule has 4 aromatic rings. The van der Waals surface area contributed by atoms with Crippen LogP contribution >= 0.6 is 23.2 Å². The van der Waals surface area contributed by atoms with Crippen LogP contribution in [0.4, 0.5) is 5.82 Å². The number of H-pyrrole nitrogens is 1. The van der Waals surface area contributed by atoms with Gasteiger partial charge in [-0.25, -0.2) is 9.97 Å². The smallest absolute Gasteiger partial charge is 0.138 e. The molecule has 3 aromatic heterocycles. The Kier molecular flexibility index (Phi) is 4.78. The highest BCUT2D eigenvalue weighted by molar-refractivity contribution is 6.34. The van der Waals surface area contributed by atoms with Gasteiger partial charge in [0.25, 0.3) is 0 Å². The maximum atomic E-state index is 6.48. The van der Waals surface area contributed by atoms with Crippen LogP contribution in [0.3, 0.4) is 0 Å². The van der Waals surface area contributed by atoms with Crippen LogP contribution in [0, 0.1) is 0 Å². The minimum atomic E-state index is -0.137. The molecule has 0 bridgehead atoms. The Bertz CT molecular complexity index is 1030. The summed E-state index contributed by atoms with van der Waals surface area (Å²) in [5.74, 6) is 0.751. The van der Waals surface area contributed by atoms with Gasteiger partial charge in [-0.3, -0.25) is 0 Å².